The Morgan fingerprint density at radius 2 is 2.12 bits per heavy atom. The number of aryl methyl sites for hydroxylation is 1. The van der Waals surface area contributed by atoms with E-state index in [2.05, 4.69) is 52.7 Å². The van der Waals surface area contributed by atoms with Gasteiger partial charge in [0.1, 0.15) is 12.7 Å². The quantitative estimate of drug-likeness (QED) is 0.774. The van der Waals surface area contributed by atoms with E-state index in [9.17, 15) is 5.11 Å². The molecule has 1 aliphatic rings. The van der Waals surface area contributed by atoms with Crippen molar-refractivity contribution in [3.63, 3.8) is 0 Å². The molecule has 5 heteroatoms. The van der Waals surface area contributed by atoms with Crippen LogP contribution >= 0.6 is 0 Å². The zero-order valence-electron chi connectivity index (χ0n) is 13.6. The Hall–Kier alpha value is -2.50. The van der Waals surface area contributed by atoms with E-state index in [1.54, 1.807) is 11.0 Å². The van der Waals surface area contributed by atoms with E-state index in [4.69, 9.17) is 0 Å². The molecule has 0 unspecified atom stereocenters. The molecule has 2 atom stereocenters. The Labute approximate surface area is 141 Å². The predicted molar refractivity (Wildman–Crippen MR) is 91.8 cm³/mol. The van der Waals surface area contributed by atoms with Gasteiger partial charge in [0.05, 0.1) is 17.8 Å². The lowest BCUT2D eigenvalue weighted by Crippen LogP contribution is -2.28. The maximum absolute atomic E-state index is 10.3. The van der Waals surface area contributed by atoms with Crippen molar-refractivity contribution in [2.75, 3.05) is 0 Å². The Kier molecular flexibility index (Phi) is 3.88. The summed E-state index contributed by atoms with van der Waals surface area (Å²) in [7, 11) is 0. The van der Waals surface area contributed by atoms with Gasteiger partial charge in [-0.25, -0.2) is 9.67 Å². The second-order valence-electron chi connectivity index (χ2n) is 6.29. The largest absolute Gasteiger partial charge is 0.391 e. The molecular formula is C19H20N4O. The highest BCUT2D eigenvalue weighted by Gasteiger charge is 2.30. The lowest BCUT2D eigenvalue weighted by Gasteiger charge is -2.18. The van der Waals surface area contributed by atoms with E-state index in [1.165, 1.54) is 23.0 Å². The standard InChI is InChI=1S/C19H20N4O/c1-13-8-14(6-7-17(13)23-12-20-11-22-23)10-21-19-16-5-3-2-4-15(16)9-18(19)24/h2-8,11-12,18-19,21,24H,9-10H2,1H3/t18-,19+/m1/s1. The van der Waals surface area contributed by atoms with Gasteiger partial charge in [-0.2, -0.15) is 5.10 Å². The second-order valence-corrected chi connectivity index (χ2v) is 6.29. The summed E-state index contributed by atoms with van der Waals surface area (Å²) in [6, 6.07) is 14.5. The van der Waals surface area contributed by atoms with E-state index in [0.29, 0.717) is 6.54 Å². The van der Waals surface area contributed by atoms with Crippen LogP contribution in [0.5, 0.6) is 0 Å². The van der Waals surface area contributed by atoms with Gasteiger partial charge in [-0.05, 0) is 35.2 Å². The van der Waals surface area contributed by atoms with Crippen LogP contribution in [0, 0.1) is 6.92 Å². The van der Waals surface area contributed by atoms with Crippen LogP contribution in [0.2, 0.25) is 0 Å². The summed E-state index contributed by atoms with van der Waals surface area (Å²) in [6.45, 7) is 2.79. The first kappa shape index (κ1) is 15.1. The van der Waals surface area contributed by atoms with Crippen LogP contribution in [0.1, 0.15) is 28.3 Å². The highest BCUT2D eigenvalue weighted by molar-refractivity contribution is 5.42. The summed E-state index contributed by atoms with van der Waals surface area (Å²) in [5.41, 5.74) is 5.81. The summed E-state index contributed by atoms with van der Waals surface area (Å²) in [5.74, 6) is 0. The number of nitrogens with zero attached hydrogens (tertiary/aromatic N) is 3. The van der Waals surface area contributed by atoms with E-state index < -0.39 is 0 Å². The van der Waals surface area contributed by atoms with Crippen LogP contribution in [0.4, 0.5) is 0 Å². The normalized spacial score (nSPS) is 19.4. The predicted octanol–water partition coefficient (Wildman–Crippen LogP) is 2.32. The molecule has 0 amide bonds. The highest BCUT2D eigenvalue weighted by Crippen LogP contribution is 2.31. The first-order valence-corrected chi connectivity index (χ1v) is 8.16. The minimum absolute atomic E-state index is 0.00324. The number of rotatable bonds is 4. The third-order valence-corrected chi connectivity index (χ3v) is 4.66. The zero-order chi connectivity index (χ0) is 16.5. The molecule has 24 heavy (non-hydrogen) atoms. The molecule has 1 heterocycles. The molecule has 0 spiro atoms. The van der Waals surface area contributed by atoms with Gasteiger partial charge >= 0.3 is 0 Å². The molecule has 0 saturated carbocycles. The Bertz CT molecular complexity index is 844. The first-order chi connectivity index (χ1) is 11.7. The van der Waals surface area contributed by atoms with Gasteiger partial charge in [0.25, 0.3) is 0 Å². The van der Waals surface area contributed by atoms with E-state index in [-0.39, 0.29) is 12.1 Å². The Balaban J connectivity index is 1.50. The monoisotopic (exact) mass is 320 g/mol. The molecule has 2 N–H and O–H groups in total. The molecule has 5 nitrogen and oxygen atoms in total. The third-order valence-electron chi connectivity index (χ3n) is 4.66. The average molecular weight is 320 g/mol. The molecule has 3 aromatic rings. The van der Waals surface area contributed by atoms with Crippen molar-refractivity contribution in [3.8, 4) is 5.69 Å². The fourth-order valence-corrected chi connectivity index (χ4v) is 3.46. The van der Waals surface area contributed by atoms with Crippen molar-refractivity contribution in [3.05, 3.63) is 77.4 Å². The van der Waals surface area contributed by atoms with Crippen LogP contribution in [-0.4, -0.2) is 26.0 Å². The van der Waals surface area contributed by atoms with Crippen LogP contribution < -0.4 is 5.32 Å². The lowest BCUT2D eigenvalue weighted by atomic mass is 10.1. The molecule has 0 fully saturated rings. The lowest BCUT2D eigenvalue weighted by molar-refractivity contribution is 0.140. The summed E-state index contributed by atoms with van der Waals surface area (Å²) >= 11 is 0. The van der Waals surface area contributed by atoms with Crippen LogP contribution in [0.15, 0.2) is 55.1 Å². The number of aliphatic hydroxyl groups excluding tert-OH is 1. The van der Waals surface area contributed by atoms with Gasteiger partial charge in [0.15, 0.2) is 0 Å². The van der Waals surface area contributed by atoms with Crippen LogP contribution in [0.25, 0.3) is 5.69 Å². The van der Waals surface area contributed by atoms with Gasteiger partial charge < -0.3 is 10.4 Å². The molecule has 2 aromatic carbocycles. The number of hydrogen-bond acceptors (Lipinski definition) is 4. The molecule has 1 aromatic heterocycles. The molecular weight excluding hydrogens is 300 g/mol. The van der Waals surface area contributed by atoms with Gasteiger partial charge in [0, 0.05) is 13.0 Å². The van der Waals surface area contributed by atoms with E-state index in [0.717, 1.165) is 17.7 Å². The number of benzene rings is 2. The number of nitrogens with one attached hydrogen (secondary N) is 1. The number of fused-ring (bicyclic) bond motifs is 1. The van der Waals surface area contributed by atoms with Crippen LogP contribution in [0.3, 0.4) is 0 Å². The van der Waals surface area contributed by atoms with Crippen molar-refractivity contribution >= 4 is 0 Å². The summed E-state index contributed by atoms with van der Waals surface area (Å²) < 4.78 is 1.77. The molecule has 1 aliphatic carbocycles. The smallest absolute Gasteiger partial charge is 0.138 e. The fraction of sp³-hybridized carbons (Fsp3) is 0.263. The number of hydrogen-bond donors (Lipinski definition) is 2. The topological polar surface area (TPSA) is 63.0 Å². The van der Waals surface area contributed by atoms with Gasteiger partial charge in [-0.3, -0.25) is 0 Å². The number of aliphatic hydroxyl groups is 1. The minimum atomic E-state index is -0.363. The average Bonchev–Trinajstić information content (AvgIpc) is 3.20. The Morgan fingerprint density at radius 1 is 1.25 bits per heavy atom. The van der Waals surface area contributed by atoms with Crippen molar-refractivity contribution < 1.29 is 5.11 Å². The van der Waals surface area contributed by atoms with Crippen molar-refractivity contribution in [2.24, 2.45) is 0 Å². The third kappa shape index (κ3) is 2.72. The molecule has 0 saturated heterocycles. The SMILES string of the molecule is Cc1cc(CN[C@H]2c3ccccc3C[C@H]2O)ccc1-n1cncn1. The van der Waals surface area contributed by atoms with Gasteiger partial charge in [-0.1, -0.05) is 36.4 Å². The Morgan fingerprint density at radius 3 is 2.92 bits per heavy atom. The second kappa shape index (κ2) is 6.19. The molecule has 0 bridgehead atoms. The molecule has 0 radical (unpaired) electrons. The maximum Gasteiger partial charge on any atom is 0.138 e. The van der Waals surface area contributed by atoms with E-state index >= 15 is 0 Å². The fourth-order valence-electron chi connectivity index (χ4n) is 3.46. The van der Waals surface area contributed by atoms with Gasteiger partial charge in [0.2, 0.25) is 0 Å². The van der Waals surface area contributed by atoms with Crippen molar-refractivity contribution in [1.82, 2.24) is 20.1 Å². The summed E-state index contributed by atoms with van der Waals surface area (Å²) in [5, 5.41) is 18.0. The minimum Gasteiger partial charge on any atom is -0.391 e. The molecule has 0 aliphatic heterocycles. The zero-order valence-corrected chi connectivity index (χ0v) is 13.6. The van der Waals surface area contributed by atoms with Crippen LogP contribution in [-0.2, 0) is 13.0 Å². The molecule has 4 rings (SSSR count). The van der Waals surface area contributed by atoms with E-state index in [1.807, 2.05) is 12.1 Å². The number of aromatic nitrogens is 3. The first-order valence-electron chi connectivity index (χ1n) is 8.16. The van der Waals surface area contributed by atoms with Crippen molar-refractivity contribution in [1.29, 1.82) is 0 Å². The molecule has 122 valence electrons. The van der Waals surface area contributed by atoms with Crippen molar-refractivity contribution in [2.45, 2.75) is 32.0 Å². The maximum atomic E-state index is 10.3. The van der Waals surface area contributed by atoms with Gasteiger partial charge in [-0.15, -0.1) is 0 Å². The highest BCUT2D eigenvalue weighted by atomic mass is 16.3. The summed E-state index contributed by atoms with van der Waals surface area (Å²) in [4.78, 5) is 3.99. The summed E-state index contributed by atoms with van der Waals surface area (Å²) in [6.07, 6.45) is 3.59.